The lowest BCUT2D eigenvalue weighted by molar-refractivity contribution is 0.100. The third-order valence-corrected chi connectivity index (χ3v) is 3.22. The molecule has 4 N–H and O–H groups in total. The highest BCUT2D eigenvalue weighted by Crippen LogP contribution is 2.22. The number of benzene rings is 2. The van der Waals surface area contributed by atoms with Crippen molar-refractivity contribution in [3.63, 3.8) is 0 Å². The number of primary amides is 1. The van der Waals surface area contributed by atoms with Crippen molar-refractivity contribution in [3.05, 3.63) is 59.7 Å². The van der Waals surface area contributed by atoms with Gasteiger partial charge in [0.25, 0.3) is 5.91 Å². The van der Waals surface area contributed by atoms with Crippen LogP contribution in [0.25, 0.3) is 0 Å². The van der Waals surface area contributed by atoms with Gasteiger partial charge in [0.15, 0.2) is 0 Å². The number of rotatable bonds is 5. The van der Waals surface area contributed by atoms with Crippen LogP contribution in [0, 0.1) is 0 Å². The molecule has 0 aliphatic heterocycles. The molecule has 0 aromatic heterocycles. The average Bonchev–Trinajstić information content (AvgIpc) is 2.45. The third-order valence-electron chi connectivity index (χ3n) is 3.22. The van der Waals surface area contributed by atoms with Crippen LogP contribution in [0.4, 0.5) is 11.4 Å². The quantitative estimate of drug-likeness (QED) is 0.819. The first-order chi connectivity index (χ1) is 9.61. The van der Waals surface area contributed by atoms with Crippen LogP contribution in [-0.4, -0.2) is 12.5 Å². The summed E-state index contributed by atoms with van der Waals surface area (Å²) in [5, 5.41) is 0. The van der Waals surface area contributed by atoms with Gasteiger partial charge in [-0.15, -0.1) is 0 Å². The van der Waals surface area contributed by atoms with Gasteiger partial charge in [-0.3, -0.25) is 4.79 Å². The highest BCUT2D eigenvalue weighted by atomic mass is 16.1. The zero-order chi connectivity index (χ0) is 14.5. The number of carbonyl (C=O) groups excluding carboxylic acids is 1. The van der Waals surface area contributed by atoms with Gasteiger partial charge in [0, 0.05) is 24.5 Å². The Morgan fingerprint density at radius 3 is 2.55 bits per heavy atom. The first-order valence-electron chi connectivity index (χ1n) is 6.60. The molecule has 20 heavy (non-hydrogen) atoms. The van der Waals surface area contributed by atoms with Crippen molar-refractivity contribution < 1.29 is 4.79 Å². The van der Waals surface area contributed by atoms with Crippen LogP contribution in [0.5, 0.6) is 0 Å². The van der Waals surface area contributed by atoms with Crippen LogP contribution in [0.15, 0.2) is 48.5 Å². The van der Waals surface area contributed by atoms with E-state index in [-0.39, 0.29) is 0 Å². The molecule has 0 radical (unpaired) electrons. The third kappa shape index (κ3) is 3.09. The second kappa shape index (κ2) is 6.10. The maximum atomic E-state index is 11.5. The summed E-state index contributed by atoms with van der Waals surface area (Å²) in [6.07, 6.45) is 0. The fraction of sp³-hybridized carbons (Fsp3) is 0.188. The van der Waals surface area contributed by atoms with Crippen molar-refractivity contribution in [3.8, 4) is 0 Å². The van der Waals surface area contributed by atoms with Crippen LogP contribution < -0.4 is 16.4 Å². The topological polar surface area (TPSA) is 72.3 Å². The molecule has 0 heterocycles. The van der Waals surface area contributed by atoms with Crippen molar-refractivity contribution in [2.24, 2.45) is 5.73 Å². The van der Waals surface area contributed by atoms with Gasteiger partial charge in [0.1, 0.15) is 0 Å². The molecule has 104 valence electrons. The number of para-hydroxylation sites is 1. The predicted octanol–water partition coefficient (Wildman–Crippen LogP) is 2.39. The number of anilines is 2. The van der Waals surface area contributed by atoms with Crippen molar-refractivity contribution in [2.45, 2.75) is 13.5 Å². The summed E-state index contributed by atoms with van der Waals surface area (Å²) >= 11 is 0. The van der Waals surface area contributed by atoms with E-state index in [9.17, 15) is 4.79 Å². The molecule has 4 heteroatoms. The SMILES string of the molecule is CCN(Cc1cccc(N)c1)c1ccccc1C(N)=O. The number of carbonyl (C=O) groups is 1. The van der Waals surface area contributed by atoms with E-state index in [0.717, 1.165) is 23.5 Å². The number of amides is 1. The fourth-order valence-electron chi connectivity index (χ4n) is 2.24. The van der Waals surface area contributed by atoms with Gasteiger partial charge < -0.3 is 16.4 Å². The average molecular weight is 269 g/mol. The number of nitrogens with zero attached hydrogens (tertiary/aromatic N) is 1. The molecule has 0 atom stereocenters. The molecular weight excluding hydrogens is 250 g/mol. The predicted molar refractivity (Wildman–Crippen MR) is 82.5 cm³/mol. The summed E-state index contributed by atoms with van der Waals surface area (Å²) in [4.78, 5) is 13.6. The van der Waals surface area contributed by atoms with Crippen LogP contribution in [0.3, 0.4) is 0 Å². The Kier molecular flexibility index (Phi) is 4.25. The minimum Gasteiger partial charge on any atom is -0.399 e. The Morgan fingerprint density at radius 2 is 1.90 bits per heavy atom. The first kappa shape index (κ1) is 13.9. The van der Waals surface area contributed by atoms with E-state index in [0.29, 0.717) is 12.1 Å². The van der Waals surface area contributed by atoms with Crippen LogP contribution in [-0.2, 0) is 6.54 Å². The molecule has 4 nitrogen and oxygen atoms in total. The number of hydrogen-bond acceptors (Lipinski definition) is 3. The van der Waals surface area contributed by atoms with E-state index in [2.05, 4.69) is 4.90 Å². The van der Waals surface area contributed by atoms with Gasteiger partial charge in [-0.1, -0.05) is 24.3 Å². The minimum absolute atomic E-state index is 0.411. The Labute approximate surface area is 119 Å². The molecule has 0 unspecified atom stereocenters. The maximum Gasteiger partial charge on any atom is 0.250 e. The molecule has 1 amide bonds. The summed E-state index contributed by atoms with van der Waals surface area (Å²) in [7, 11) is 0. The van der Waals surface area contributed by atoms with E-state index in [1.807, 2.05) is 49.4 Å². The minimum atomic E-state index is -0.411. The normalized spacial score (nSPS) is 10.2. The van der Waals surface area contributed by atoms with E-state index < -0.39 is 5.91 Å². The molecule has 0 spiro atoms. The lowest BCUT2D eigenvalue weighted by Crippen LogP contribution is -2.25. The summed E-state index contributed by atoms with van der Waals surface area (Å²) < 4.78 is 0. The van der Waals surface area contributed by atoms with Crippen LogP contribution >= 0.6 is 0 Å². The van der Waals surface area contributed by atoms with Crippen molar-refractivity contribution >= 4 is 17.3 Å². The molecule has 2 aromatic carbocycles. The van der Waals surface area contributed by atoms with Gasteiger partial charge in [0.2, 0.25) is 0 Å². The van der Waals surface area contributed by atoms with Crippen molar-refractivity contribution in [1.29, 1.82) is 0 Å². The fourth-order valence-corrected chi connectivity index (χ4v) is 2.24. The van der Waals surface area contributed by atoms with Gasteiger partial charge >= 0.3 is 0 Å². The van der Waals surface area contributed by atoms with Crippen molar-refractivity contribution in [1.82, 2.24) is 0 Å². The van der Waals surface area contributed by atoms with Crippen molar-refractivity contribution in [2.75, 3.05) is 17.2 Å². The van der Waals surface area contributed by atoms with E-state index >= 15 is 0 Å². The van der Waals surface area contributed by atoms with Crippen LogP contribution in [0.2, 0.25) is 0 Å². The van der Waals surface area contributed by atoms with Gasteiger partial charge in [0.05, 0.1) is 5.56 Å². The molecule has 0 fully saturated rings. The smallest absolute Gasteiger partial charge is 0.250 e. The lowest BCUT2D eigenvalue weighted by Gasteiger charge is -2.25. The van der Waals surface area contributed by atoms with E-state index in [4.69, 9.17) is 11.5 Å². The van der Waals surface area contributed by atoms with Gasteiger partial charge in [-0.25, -0.2) is 0 Å². The van der Waals surface area contributed by atoms with Gasteiger partial charge in [-0.05, 0) is 36.8 Å². The summed E-state index contributed by atoms with van der Waals surface area (Å²) in [6, 6.07) is 15.1. The highest BCUT2D eigenvalue weighted by Gasteiger charge is 2.13. The number of hydrogen-bond donors (Lipinski definition) is 2. The molecule has 2 aromatic rings. The standard InChI is InChI=1S/C16H19N3O/c1-2-19(11-12-6-5-7-13(17)10-12)15-9-4-3-8-14(15)16(18)20/h3-10H,2,11,17H2,1H3,(H2,18,20). The number of nitrogen functional groups attached to an aromatic ring is 1. The van der Waals surface area contributed by atoms with E-state index in [1.54, 1.807) is 6.07 Å². The Hall–Kier alpha value is -2.49. The molecule has 0 bridgehead atoms. The molecule has 2 rings (SSSR count). The van der Waals surface area contributed by atoms with Gasteiger partial charge in [-0.2, -0.15) is 0 Å². The Bertz CT molecular complexity index is 610. The monoisotopic (exact) mass is 269 g/mol. The lowest BCUT2D eigenvalue weighted by atomic mass is 10.1. The Morgan fingerprint density at radius 1 is 1.15 bits per heavy atom. The van der Waals surface area contributed by atoms with E-state index in [1.165, 1.54) is 0 Å². The highest BCUT2D eigenvalue weighted by molar-refractivity contribution is 5.98. The summed E-state index contributed by atoms with van der Waals surface area (Å²) in [5.41, 5.74) is 14.5. The molecule has 0 aliphatic carbocycles. The first-order valence-corrected chi connectivity index (χ1v) is 6.60. The zero-order valence-electron chi connectivity index (χ0n) is 11.5. The molecular formula is C16H19N3O. The molecule has 0 saturated carbocycles. The number of nitrogens with two attached hydrogens (primary N) is 2. The second-order valence-corrected chi connectivity index (χ2v) is 4.64. The summed E-state index contributed by atoms with van der Waals surface area (Å²) in [6.45, 7) is 3.51. The van der Waals surface area contributed by atoms with Crippen LogP contribution in [0.1, 0.15) is 22.8 Å². The second-order valence-electron chi connectivity index (χ2n) is 4.64. The molecule has 0 saturated heterocycles. The largest absolute Gasteiger partial charge is 0.399 e. The maximum absolute atomic E-state index is 11.5. The summed E-state index contributed by atoms with van der Waals surface area (Å²) in [5.74, 6) is -0.411. The Balaban J connectivity index is 2.31. The molecule has 0 aliphatic rings. The zero-order valence-corrected chi connectivity index (χ0v) is 11.5.